The monoisotopic (exact) mass is 444 g/mol. The third-order valence-electron chi connectivity index (χ3n) is 5.11. The van der Waals surface area contributed by atoms with E-state index in [1.165, 1.54) is 6.07 Å². The lowest BCUT2D eigenvalue weighted by Gasteiger charge is -2.48. The van der Waals surface area contributed by atoms with Gasteiger partial charge in [0, 0.05) is 11.6 Å². The van der Waals surface area contributed by atoms with Crippen LogP contribution in [0, 0.1) is 23.2 Å². The number of carbonyl (C=O) groups is 2. The Bertz CT molecular complexity index is 735. The number of esters is 1. The average Bonchev–Trinajstić information content (AvgIpc) is 2.56. The average molecular weight is 445 g/mol. The summed E-state index contributed by atoms with van der Waals surface area (Å²) >= 11 is 12.0. The van der Waals surface area contributed by atoms with E-state index in [-0.39, 0.29) is 40.0 Å². The van der Waals surface area contributed by atoms with Crippen molar-refractivity contribution in [3.05, 3.63) is 28.2 Å². The highest BCUT2D eigenvalue weighted by Crippen LogP contribution is 2.40. The topological polar surface area (TPSA) is 64.6 Å². The maximum Gasteiger partial charge on any atom is 0.316 e. The number of carbonyl (C=O) groups excluding carboxylic acids is 2. The van der Waals surface area contributed by atoms with E-state index >= 15 is 0 Å². The number of hydrogen-bond acceptors (Lipinski definition) is 4. The summed E-state index contributed by atoms with van der Waals surface area (Å²) in [4.78, 5) is 25.1. The molecule has 0 unspecified atom stereocenters. The predicted octanol–water partition coefficient (Wildman–Crippen LogP) is 4.58. The first-order valence-electron chi connectivity index (χ1n) is 9.32. The Balaban J connectivity index is 2.13. The molecule has 1 aromatic carbocycles. The lowest BCUT2D eigenvalue weighted by atomic mass is 9.65. The molecular weight excluding hydrogens is 417 g/mol. The molecule has 1 amide bonds. The number of nitrogens with one attached hydrogen (secondary N) is 1. The molecule has 0 bridgehead atoms. The number of β-lactam (4-membered cyclic amide) rings is 1. The van der Waals surface area contributed by atoms with E-state index in [0.29, 0.717) is 11.6 Å². The zero-order valence-electron chi connectivity index (χ0n) is 17.1. The van der Waals surface area contributed by atoms with Crippen LogP contribution in [0.25, 0.3) is 0 Å². The van der Waals surface area contributed by atoms with Crippen LogP contribution in [0.1, 0.15) is 27.7 Å². The van der Waals surface area contributed by atoms with Gasteiger partial charge in [-0.2, -0.15) is 0 Å². The summed E-state index contributed by atoms with van der Waals surface area (Å²) in [7, 11) is -0.874. The molecular formula is C20H28Cl2NO4Si. The van der Waals surface area contributed by atoms with Gasteiger partial charge in [-0.05, 0) is 49.5 Å². The summed E-state index contributed by atoms with van der Waals surface area (Å²) in [5, 5.41) is 3.61. The predicted molar refractivity (Wildman–Crippen MR) is 113 cm³/mol. The van der Waals surface area contributed by atoms with E-state index in [2.05, 4.69) is 39.2 Å². The Morgan fingerprint density at radius 2 is 1.93 bits per heavy atom. The van der Waals surface area contributed by atoms with Crippen LogP contribution in [0.5, 0.6) is 5.75 Å². The van der Waals surface area contributed by atoms with Crippen LogP contribution in [0.4, 0.5) is 0 Å². The molecule has 0 aromatic heterocycles. The largest absolute Gasteiger partial charge is 0.425 e. The first kappa shape index (κ1) is 23.2. The summed E-state index contributed by atoms with van der Waals surface area (Å²) in [5.41, 5.74) is -0.138. The molecule has 1 radical (unpaired) electrons. The van der Waals surface area contributed by atoms with Gasteiger partial charge in [0.25, 0.3) is 0 Å². The molecule has 1 heterocycles. The molecule has 155 valence electrons. The molecule has 5 nitrogen and oxygen atoms in total. The Morgan fingerprint density at radius 3 is 2.43 bits per heavy atom. The first-order valence-corrected chi connectivity index (χ1v) is 12.5. The number of ether oxygens (including phenoxy) is 1. The van der Waals surface area contributed by atoms with Gasteiger partial charge in [0.05, 0.1) is 22.9 Å². The van der Waals surface area contributed by atoms with Crippen molar-refractivity contribution in [3.8, 4) is 5.75 Å². The fourth-order valence-electron chi connectivity index (χ4n) is 3.34. The second kappa shape index (κ2) is 9.16. The third-order valence-corrected chi connectivity index (χ3v) is 6.39. The molecule has 1 aromatic rings. The summed E-state index contributed by atoms with van der Waals surface area (Å²) in [6.45, 7) is 12.7. The summed E-state index contributed by atoms with van der Waals surface area (Å²) in [6.07, 6.45) is 0. The van der Waals surface area contributed by atoms with E-state index < -0.39 is 20.9 Å². The van der Waals surface area contributed by atoms with Gasteiger partial charge in [-0.1, -0.05) is 44.0 Å². The number of hydrogen-bond donors (Lipinski definition) is 1. The van der Waals surface area contributed by atoms with Gasteiger partial charge in [-0.25, -0.2) is 0 Å². The molecule has 4 atom stereocenters. The molecule has 1 fully saturated rings. The lowest BCUT2D eigenvalue weighted by molar-refractivity contribution is -0.151. The van der Waals surface area contributed by atoms with Crippen molar-refractivity contribution in [2.45, 2.75) is 46.8 Å². The van der Waals surface area contributed by atoms with Crippen molar-refractivity contribution in [1.82, 2.24) is 5.32 Å². The van der Waals surface area contributed by atoms with Gasteiger partial charge in [-0.15, -0.1) is 0 Å². The van der Waals surface area contributed by atoms with E-state index in [1.807, 2.05) is 0 Å². The minimum Gasteiger partial charge on any atom is -0.425 e. The normalized spacial score (nSPS) is 21.7. The van der Waals surface area contributed by atoms with Gasteiger partial charge in [0.1, 0.15) is 5.75 Å². The van der Waals surface area contributed by atoms with Crippen LogP contribution < -0.4 is 10.1 Å². The van der Waals surface area contributed by atoms with Gasteiger partial charge < -0.3 is 14.5 Å². The quantitative estimate of drug-likeness (QED) is 0.289. The van der Waals surface area contributed by atoms with Crippen molar-refractivity contribution >= 4 is 44.1 Å². The van der Waals surface area contributed by atoms with Crippen LogP contribution in [0.15, 0.2) is 18.2 Å². The molecule has 0 saturated carbocycles. The van der Waals surface area contributed by atoms with Gasteiger partial charge in [0.2, 0.25) is 14.9 Å². The van der Waals surface area contributed by atoms with Crippen molar-refractivity contribution in [2.24, 2.45) is 23.2 Å². The van der Waals surface area contributed by atoms with Crippen molar-refractivity contribution in [3.63, 3.8) is 0 Å². The second-order valence-corrected chi connectivity index (χ2v) is 11.5. The Morgan fingerprint density at radius 1 is 1.29 bits per heavy atom. The molecule has 1 N–H and O–H groups in total. The lowest BCUT2D eigenvalue weighted by Crippen LogP contribution is -2.66. The SMILES string of the molecule is C[C@@H](C(=O)Oc1ccc(Cl)cc1Cl)[C@H]1NC(=O)[C@H]1[C@@H](CO[Si](C)C)C(C)(C)C. The van der Waals surface area contributed by atoms with Gasteiger partial charge in [-0.3, -0.25) is 9.59 Å². The zero-order valence-corrected chi connectivity index (χ0v) is 19.6. The Kier molecular flexibility index (Phi) is 7.59. The molecule has 28 heavy (non-hydrogen) atoms. The molecule has 2 rings (SSSR count). The van der Waals surface area contributed by atoms with Crippen molar-refractivity contribution in [2.75, 3.05) is 6.61 Å². The van der Waals surface area contributed by atoms with Crippen LogP contribution in [0.2, 0.25) is 23.1 Å². The second-order valence-electron chi connectivity index (χ2n) is 8.54. The summed E-state index contributed by atoms with van der Waals surface area (Å²) in [6, 6.07) is 4.38. The highest BCUT2D eigenvalue weighted by atomic mass is 35.5. The van der Waals surface area contributed by atoms with E-state index in [4.69, 9.17) is 32.4 Å². The third kappa shape index (κ3) is 5.50. The highest BCUT2D eigenvalue weighted by molar-refractivity contribution is 6.48. The van der Waals surface area contributed by atoms with E-state index in [9.17, 15) is 9.59 Å². The first-order chi connectivity index (χ1) is 12.9. The highest BCUT2D eigenvalue weighted by Gasteiger charge is 2.52. The van der Waals surface area contributed by atoms with Crippen molar-refractivity contribution < 1.29 is 18.8 Å². The molecule has 1 aliphatic heterocycles. The number of benzene rings is 1. The number of amides is 1. The van der Waals surface area contributed by atoms with Gasteiger partial charge in [0.15, 0.2) is 0 Å². The molecule has 8 heteroatoms. The minimum absolute atomic E-state index is 0.000481. The van der Waals surface area contributed by atoms with E-state index in [0.717, 1.165) is 0 Å². The van der Waals surface area contributed by atoms with Crippen LogP contribution >= 0.6 is 23.2 Å². The number of rotatable bonds is 7. The molecule has 1 aliphatic rings. The Labute approximate surface area is 178 Å². The smallest absolute Gasteiger partial charge is 0.316 e. The fourth-order valence-corrected chi connectivity index (χ4v) is 4.30. The molecule has 0 spiro atoms. The van der Waals surface area contributed by atoms with E-state index in [1.54, 1.807) is 19.1 Å². The van der Waals surface area contributed by atoms with Crippen molar-refractivity contribution in [1.29, 1.82) is 0 Å². The summed E-state index contributed by atoms with van der Waals surface area (Å²) in [5.74, 6) is -1.05. The molecule has 1 saturated heterocycles. The number of halogens is 2. The minimum atomic E-state index is -0.874. The van der Waals surface area contributed by atoms with Crippen LogP contribution in [-0.4, -0.2) is 33.6 Å². The maximum absolute atomic E-state index is 12.7. The standard InChI is InChI=1S/C20H28Cl2NO4Si/c1-11(19(25)27-15-8-7-12(21)9-14(15)22)17-16(18(24)23-17)13(20(2,3)4)10-26-28(5)6/h7-9,11,13,16-17H,10H2,1-6H3,(H,23,24)/t11-,13-,16+,17-/m1/s1. The molecule has 0 aliphatic carbocycles. The zero-order chi connectivity index (χ0) is 21.2. The van der Waals surface area contributed by atoms with Gasteiger partial charge >= 0.3 is 5.97 Å². The maximum atomic E-state index is 12.7. The van der Waals surface area contributed by atoms with Crippen LogP contribution in [-0.2, 0) is 14.0 Å². The van der Waals surface area contributed by atoms with Crippen LogP contribution in [0.3, 0.4) is 0 Å². The fraction of sp³-hybridized carbons (Fsp3) is 0.600. The summed E-state index contributed by atoms with van der Waals surface area (Å²) < 4.78 is 11.4. The Hall–Kier alpha value is -1.08.